The number of rotatable bonds is 63. The van der Waals surface area contributed by atoms with Gasteiger partial charge in [-0.1, -0.05) is 322 Å². The molecule has 0 aromatic rings. The standard InChI is InChI=1S/C81H141NO13/c1-3-5-7-9-11-13-15-17-19-21-23-25-27-29-30-31-32-33-34-35-36-37-38-39-40-41-43-45-47-49-51-53-55-57-59-61-63-65-73(86)82-69(68-92-80-78(91)76(89)79(72(67-84)94-80)95-81-77(90)75(88)74(87)71(66-83)93-81)70(85)64-62-60-58-56-54-52-50-48-46-44-42-28-26-24-22-20-18-16-14-12-10-8-6-4-2/h5,7,11,13,17,19,23,25,29-30,32-33,35-36,38-39,41,43,69-72,74-81,83-85,87-91H,3-4,6,8-10,12,14-16,18,20-22,24,26-28,31,34,37,40,42,44-68H2,1-2H3,(H,82,86)/b7-5-,13-11-,19-17-,25-23-,30-29-,33-32-,36-35-,39-38-,43-41-. The summed E-state index contributed by atoms with van der Waals surface area (Å²) in [4.78, 5) is 13.4. The van der Waals surface area contributed by atoms with Crippen molar-refractivity contribution in [2.24, 2.45) is 0 Å². The third kappa shape index (κ3) is 47.4. The van der Waals surface area contributed by atoms with Gasteiger partial charge in [-0.25, -0.2) is 0 Å². The summed E-state index contributed by atoms with van der Waals surface area (Å²) >= 11 is 0. The lowest BCUT2D eigenvalue weighted by molar-refractivity contribution is -0.359. The Morgan fingerprint density at radius 3 is 1.12 bits per heavy atom. The molecule has 2 saturated heterocycles. The molecule has 1 amide bonds. The molecule has 14 nitrogen and oxygen atoms in total. The Bertz CT molecular complexity index is 2010. The van der Waals surface area contributed by atoms with Crippen molar-refractivity contribution in [2.75, 3.05) is 19.8 Å². The monoisotopic (exact) mass is 1340 g/mol. The molecule has 548 valence electrons. The molecule has 12 atom stereocenters. The van der Waals surface area contributed by atoms with Crippen molar-refractivity contribution in [3.8, 4) is 0 Å². The predicted molar refractivity (Wildman–Crippen MR) is 392 cm³/mol. The molecule has 12 unspecified atom stereocenters. The Morgan fingerprint density at radius 1 is 0.389 bits per heavy atom. The highest BCUT2D eigenvalue weighted by atomic mass is 16.7. The summed E-state index contributed by atoms with van der Waals surface area (Å²) in [5.41, 5.74) is 0. The number of aliphatic hydroxyl groups excluding tert-OH is 8. The van der Waals surface area contributed by atoms with Crippen LogP contribution >= 0.6 is 0 Å². The van der Waals surface area contributed by atoms with Crippen LogP contribution < -0.4 is 5.32 Å². The second kappa shape index (κ2) is 64.1. The van der Waals surface area contributed by atoms with Crippen molar-refractivity contribution in [3.63, 3.8) is 0 Å². The third-order valence-electron chi connectivity index (χ3n) is 18.3. The molecule has 0 aromatic carbocycles. The molecule has 95 heavy (non-hydrogen) atoms. The lowest BCUT2D eigenvalue weighted by Gasteiger charge is -2.46. The summed E-state index contributed by atoms with van der Waals surface area (Å²) in [5.74, 6) is -0.214. The first-order valence-corrected chi connectivity index (χ1v) is 38.6. The summed E-state index contributed by atoms with van der Waals surface area (Å²) in [7, 11) is 0. The molecule has 0 aromatic heterocycles. The molecule has 2 heterocycles. The van der Waals surface area contributed by atoms with Crippen LogP contribution in [0, 0.1) is 0 Å². The number of ether oxygens (including phenoxy) is 4. The lowest BCUT2D eigenvalue weighted by atomic mass is 9.97. The summed E-state index contributed by atoms with van der Waals surface area (Å²) < 4.78 is 23.0. The van der Waals surface area contributed by atoms with Gasteiger partial charge in [0.05, 0.1) is 32.0 Å². The van der Waals surface area contributed by atoms with Gasteiger partial charge in [-0.05, 0) is 83.5 Å². The van der Waals surface area contributed by atoms with Gasteiger partial charge in [0, 0.05) is 6.42 Å². The van der Waals surface area contributed by atoms with E-state index in [1.807, 2.05) is 0 Å². The maximum Gasteiger partial charge on any atom is 0.220 e. The Kier molecular flexibility index (Phi) is 59.2. The Morgan fingerprint density at radius 2 is 0.726 bits per heavy atom. The summed E-state index contributed by atoms with van der Waals surface area (Å²) in [6.45, 7) is 2.77. The van der Waals surface area contributed by atoms with Crippen molar-refractivity contribution in [1.29, 1.82) is 0 Å². The van der Waals surface area contributed by atoms with Gasteiger partial charge >= 0.3 is 0 Å². The molecule has 2 fully saturated rings. The number of nitrogens with one attached hydrogen (secondary N) is 1. The first-order valence-electron chi connectivity index (χ1n) is 38.6. The van der Waals surface area contributed by atoms with Crippen LogP contribution in [0.4, 0.5) is 0 Å². The van der Waals surface area contributed by atoms with E-state index in [0.717, 1.165) is 109 Å². The van der Waals surface area contributed by atoms with E-state index in [0.29, 0.717) is 19.3 Å². The van der Waals surface area contributed by atoms with Crippen molar-refractivity contribution < 1.29 is 64.6 Å². The van der Waals surface area contributed by atoms with Gasteiger partial charge in [-0.15, -0.1) is 0 Å². The van der Waals surface area contributed by atoms with Crippen LogP contribution in [-0.2, 0) is 23.7 Å². The van der Waals surface area contributed by atoms with Crippen LogP contribution in [0.1, 0.15) is 303 Å². The summed E-state index contributed by atoms with van der Waals surface area (Å²) in [5, 5.41) is 87.8. The first-order chi connectivity index (χ1) is 46.6. The highest BCUT2D eigenvalue weighted by molar-refractivity contribution is 5.76. The van der Waals surface area contributed by atoms with Gasteiger partial charge in [0.15, 0.2) is 12.6 Å². The van der Waals surface area contributed by atoms with Gasteiger partial charge < -0.3 is 65.1 Å². The molecular formula is C81H141NO13. The van der Waals surface area contributed by atoms with E-state index < -0.39 is 86.8 Å². The number of aliphatic hydroxyl groups is 8. The van der Waals surface area contributed by atoms with E-state index in [9.17, 15) is 45.6 Å². The van der Waals surface area contributed by atoms with Gasteiger partial charge in [0.2, 0.25) is 5.91 Å². The largest absolute Gasteiger partial charge is 0.394 e. The Balaban J connectivity index is 1.64. The van der Waals surface area contributed by atoms with Gasteiger partial charge in [0.25, 0.3) is 0 Å². The zero-order valence-corrected chi connectivity index (χ0v) is 59.9. The number of hydrogen-bond acceptors (Lipinski definition) is 13. The van der Waals surface area contributed by atoms with Gasteiger partial charge in [-0.3, -0.25) is 4.79 Å². The maximum absolute atomic E-state index is 13.4. The fraction of sp³-hybridized carbons (Fsp3) is 0.765. The van der Waals surface area contributed by atoms with Crippen LogP contribution in [-0.4, -0.2) is 140 Å². The number of carbonyl (C=O) groups excluding carboxylic acids is 1. The minimum Gasteiger partial charge on any atom is -0.394 e. The van der Waals surface area contributed by atoms with E-state index in [1.54, 1.807) is 0 Å². The second-order valence-corrected chi connectivity index (χ2v) is 26.8. The van der Waals surface area contributed by atoms with E-state index in [1.165, 1.54) is 161 Å². The molecule has 0 saturated carbocycles. The van der Waals surface area contributed by atoms with E-state index in [4.69, 9.17) is 18.9 Å². The van der Waals surface area contributed by atoms with Crippen molar-refractivity contribution in [1.82, 2.24) is 5.32 Å². The first kappa shape index (κ1) is 87.7. The third-order valence-corrected chi connectivity index (χ3v) is 18.3. The lowest BCUT2D eigenvalue weighted by Crippen LogP contribution is -2.65. The average Bonchev–Trinajstić information content (AvgIpc) is 0.927. The Hall–Kier alpha value is -3.35. The minimum atomic E-state index is -1.79. The fourth-order valence-corrected chi connectivity index (χ4v) is 12.2. The predicted octanol–water partition coefficient (Wildman–Crippen LogP) is 17.1. The fourth-order valence-electron chi connectivity index (χ4n) is 12.2. The SMILES string of the molecule is CC/C=C\C/C=C\C/C=C\C/C=C\C/C=C\C/C=C\C/C=C\C/C=C\C/C=C\CCCCCCCCCCCC(=O)NC(COC1OC(CO)C(OC2OC(CO)C(O)C(O)C2O)C(O)C1O)C(O)CCCCCCCCCCCCCCCCCCCCCCCCCC. The number of hydrogen-bond donors (Lipinski definition) is 9. The normalized spacial score (nSPS) is 23.0. The number of carbonyl (C=O) groups is 1. The summed E-state index contributed by atoms with van der Waals surface area (Å²) in [6.07, 6.45) is 75.3. The molecule has 0 spiro atoms. The maximum atomic E-state index is 13.4. The number of allylic oxidation sites excluding steroid dienone is 18. The number of amides is 1. The van der Waals surface area contributed by atoms with Crippen molar-refractivity contribution >= 4 is 5.91 Å². The van der Waals surface area contributed by atoms with E-state index >= 15 is 0 Å². The highest BCUT2D eigenvalue weighted by Gasteiger charge is 2.51. The van der Waals surface area contributed by atoms with Crippen LogP contribution in [0.25, 0.3) is 0 Å². The minimum absolute atomic E-state index is 0.214. The highest BCUT2D eigenvalue weighted by Crippen LogP contribution is 2.30. The molecule has 2 aliphatic heterocycles. The average molecular weight is 1340 g/mol. The molecular weight excluding hydrogens is 1190 g/mol. The molecule has 0 radical (unpaired) electrons. The molecule has 14 heteroatoms. The molecule has 2 aliphatic rings. The van der Waals surface area contributed by atoms with Gasteiger partial charge in [0.1, 0.15) is 48.8 Å². The van der Waals surface area contributed by atoms with Crippen LogP contribution in [0.15, 0.2) is 109 Å². The molecule has 2 rings (SSSR count). The van der Waals surface area contributed by atoms with Crippen LogP contribution in [0.3, 0.4) is 0 Å². The quantitative estimate of drug-likeness (QED) is 0.0204. The molecule has 9 N–H and O–H groups in total. The van der Waals surface area contributed by atoms with Crippen LogP contribution in [0.5, 0.6) is 0 Å². The number of unbranched alkanes of at least 4 members (excludes halogenated alkanes) is 32. The zero-order chi connectivity index (χ0) is 68.7. The smallest absolute Gasteiger partial charge is 0.220 e. The zero-order valence-electron chi connectivity index (χ0n) is 59.9. The van der Waals surface area contributed by atoms with Gasteiger partial charge in [-0.2, -0.15) is 0 Å². The Labute approximate surface area is 578 Å². The molecule has 0 aliphatic carbocycles. The van der Waals surface area contributed by atoms with E-state index in [2.05, 4.69) is 129 Å². The van der Waals surface area contributed by atoms with Crippen molar-refractivity contribution in [2.45, 2.75) is 376 Å². The van der Waals surface area contributed by atoms with E-state index in [-0.39, 0.29) is 12.5 Å². The topological polar surface area (TPSA) is 228 Å². The second-order valence-electron chi connectivity index (χ2n) is 26.8. The molecule has 0 bridgehead atoms. The van der Waals surface area contributed by atoms with Crippen molar-refractivity contribution in [3.05, 3.63) is 109 Å². The summed E-state index contributed by atoms with van der Waals surface area (Å²) in [6, 6.07) is -0.841. The van der Waals surface area contributed by atoms with Crippen LogP contribution in [0.2, 0.25) is 0 Å².